The molecule has 0 saturated carbocycles. The summed E-state index contributed by atoms with van der Waals surface area (Å²) in [6, 6.07) is 0. The summed E-state index contributed by atoms with van der Waals surface area (Å²) in [5.41, 5.74) is 6.10. The zero-order valence-corrected chi connectivity index (χ0v) is 16.2. The number of aliphatic hydroxyl groups excluding tert-OH is 2. The molecule has 0 radical (unpaired) electrons. The molecule has 0 bridgehead atoms. The van der Waals surface area contributed by atoms with Crippen LogP contribution in [0.5, 0.6) is 0 Å². The first-order valence-electron chi connectivity index (χ1n) is 7.36. The maximum absolute atomic E-state index is 11.5. The van der Waals surface area contributed by atoms with Gasteiger partial charge in [0.2, 0.25) is 0 Å². The quantitative estimate of drug-likeness (QED) is 0.201. The van der Waals surface area contributed by atoms with E-state index in [4.69, 9.17) is 32.5 Å². The predicted octanol–water partition coefficient (Wildman–Crippen LogP) is -1.08. The Morgan fingerprint density at radius 3 is 2.64 bits per heavy atom. The number of rotatable bonds is 6. The highest BCUT2D eigenvalue weighted by atomic mass is 32.1. The predicted molar refractivity (Wildman–Crippen MR) is 92.0 cm³/mol. The van der Waals surface area contributed by atoms with Crippen LogP contribution in [0.3, 0.4) is 0 Å². The van der Waals surface area contributed by atoms with Crippen LogP contribution in [0.4, 0.5) is 5.95 Å². The summed E-state index contributed by atoms with van der Waals surface area (Å²) in [6.07, 6.45) is -4.43. The summed E-state index contributed by atoms with van der Waals surface area (Å²) in [7, 11) is -10.4. The minimum absolute atomic E-state index is 0.0250. The van der Waals surface area contributed by atoms with Gasteiger partial charge in [-0.2, -0.15) is 4.31 Å². The van der Waals surface area contributed by atoms with Gasteiger partial charge >= 0.3 is 15.6 Å². The molecule has 8 N–H and O–H groups in total. The number of nitrogens with two attached hydrogens (primary N) is 1. The van der Waals surface area contributed by atoms with Crippen LogP contribution in [0.15, 0.2) is 6.33 Å². The number of nitrogens with zero attached hydrogens (tertiary/aromatic N) is 3. The molecule has 1 aliphatic rings. The first kappa shape index (κ1) is 21.4. The van der Waals surface area contributed by atoms with E-state index in [0.717, 1.165) is 0 Å². The topological polar surface area (TPSA) is 235 Å². The van der Waals surface area contributed by atoms with E-state index in [2.05, 4.69) is 23.8 Å². The molecule has 1 fully saturated rings. The van der Waals surface area contributed by atoms with Crippen LogP contribution in [-0.4, -0.2) is 69.3 Å². The van der Waals surface area contributed by atoms with Gasteiger partial charge in [0, 0.05) is 0 Å². The van der Waals surface area contributed by atoms with Gasteiger partial charge in [0.25, 0.3) is 0 Å². The van der Waals surface area contributed by atoms with Gasteiger partial charge in [-0.15, -0.1) is 0 Å². The Labute approximate surface area is 160 Å². The average molecular weight is 459 g/mol. The third kappa shape index (κ3) is 4.48. The molecule has 0 aliphatic carbocycles. The highest BCUT2D eigenvalue weighted by Crippen LogP contribution is 2.57. The molecule has 3 rings (SSSR count). The van der Waals surface area contributed by atoms with E-state index >= 15 is 0 Å². The molecule has 2 aromatic heterocycles. The van der Waals surface area contributed by atoms with Gasteiger partial charge in [-0.05, 0) is 0 Å². The summed E-state index contributed by atoms with van der Waals surface area (Å²) in [4.78, 5) is 37.0. The van der Waals surface area contributed by atoms with Crippen molar-refractivity contribution >= 4 is 45.0 Å². The average Bonchev–Trinajstić information content (AvgIpc) is 3.06. The number of aromatic amines is 1. The Morgan fingerprint density at radius 2 is 2.00 bits per heavy atom. The minimum atomic E-state index is -5.30. The van der Waals surface area contributed by atoms with E-state index in [0.29, 0.717) is 0 Å². The van der Waals surface area contributed by atoms with Crippen molar-refractivity contribution in [1.29, 1.82) is 0 Å². The molecular weight excluding hydrogens is 444 g/mol. The number of phosphoric acid groups is 2. The Kier molecular flexibility index (Phi) is 5.75. The van der Waals surface area contributed by atoms with Crippen LogP contribution in [0.1, 0.15) is 6.23 Å². The fraction of sp³-hybridized carbons (Fsp3) is 0.500. The van der Waals surface area contributed by atoms with Gasteiger partial charge in [0.05, 0.1) is 12.9 Å². The molecular formula is C10H15N5O10P2S. The number of aliphatic hydroxyl groups is 2. The highest BCUT2D eigenvalue weighted by Gasteiger charge is 2.45. The summed E-state index contributed by atoms with van der Waals surface area (Å²) < 4.78 is 37.0. The summed E-state index contributed by atoms with van der Waals surface area (Å²) in [5, 5.41) is 20.4. The lowest BCUT2D eigenvalue weighted by molar-refractivity contribution is -0.0503. The third-order valence-electron chi connectivity index (χ3n) is 3.69. The molecule has 2 aromatic rings. The summed E-state index contributed by atoms with van der Waals surface area (Å²) >= 11 is 5.03. The second-order valence-electron chi connectivity index (χ2n) is 5.66. The monoisotopic (exact) mass is 459 g/mol. The van der Waals surface area contributed by atoms with E-state index in [1.165, 1.54) is 10.9 Å². The SMILES string of the molecule is Nc1nc(=S)c2ncn([C@@H]3O[C@H](COP(=O)(O)OP(=O)(O)O)[C@@H](O)[C@H]3O)c2[nH]1. The van der Waals surface area contributed by atoms with E-state index in [1.54, 1.807) is 0 Å². The minimum Gasteiger partial charge on any atom is -0.387 e. The van der Waals surface area contributed by atoms with E-state index in [9.17, 15) is 24.2 Å². The lowest BCUT2D eigenvalue weighted by Crippen LogP contribution is -2.33. The number of hydrogen-bond acceptors (Lipinski definition) is 11. The smallest absolute Gasteiger partial charge is 0.387 e. The molecule has 3 heterocycles. The van der Waals surface area contributed by atoms with Gasteiger partial charge in [-0.3, -0.25) is 9.09 Å². The molecule has 5 atom stereocenters. The molecule has 1 unspecified atom stereocenters. The molecule has 1 aliphatic heterocycles. The molecule has 28 heavy (non-hydrogen) atoms. The fourth-order valence-corrected chi connectivity index (χ4v) is 4.42. The lowest BCUT2D eigenvalue weighted by Gasteiger charge is -2.17. The first-order chi connectivity index (χ1) is 12.9. The number of anilines is 1. The zero-order valence-electron chi connectivity index (χ0n) is 13.6. The molecule has 0 aromatic carbocycles. The van der Waals surface area contributed by atoms with Crippen molar-refractivity contribution in [3.05, 3.63) is 11.0 Å². The maximum Gasteiger partial charge on any atom is 0.481 e. The molecule has 15 nitrogen and oxygen atoms in total. The summed E-state index contributed by atoms with van der Waals surface area (Å²) in [5.74, 6) is -0.0250. The van der Waals surface area contributed by atoms with Crippen LogP contribution >= 0.6 is 27.9 Å². The number of nitrogen functional groups attached to an aromatic ring is 1. The second kappa shape index (κ2) is 7.51. The van der Waals surface area contributed by atoms with Crippen molar-refractivity contribution in [3.8, 4) is 0 Å². The van der Waals surface area contributed by atoms with Crippen molar-refractivity contribution in [2.24, 2.45) is 0 Å². The second-order valence-corrected chi connectivity index (χ2v) is 8.88. The normalized spacial score (nSPS) is 27.9. The van der Waals surface area contributed by atoms with E-state index in [1.807, 2.05) is 0 Å². The van der Waals surface area contributed by atoms with Gasteiger partial charge in [0.15, 0.2) is 16.8 Å². The number of fused-ring (bicyclic) bond motifs is 1. The Hall–Kier alpha value is -1.29. The summed E-state index contributed by atoms with van der Waals surface area (Å²) in [6.45, 7) is -0.825. The lowest BCUT2D eigenvalue weighted by atomic mass is 10.1. The largest absolute Gasteiger partial charge is 0.481 e. The Balaban J connectivity index is 1.79. The highest BCUT2D eigenvalue weighted by molar-refractivity contribution is 7.71. The van der Waals surface area contributed by atoms with Crippen molar-refractivity contribution < 1.29 is 47.6 Å². The third-order valence-corrected chi connectivity index (χ3v) is 6.12. The fourth-order valence-electron chi connectivity index (χ4n) is 2.57. The van der Waals surface area contributed by atoms with E-state index in [-0.39, 0.29) is 21.8 Å². The number of hydrogen-bond donors (Lipinski definition) is 7. The van der Waals surface area contributed by atoms with Crippen LogP contribution in [0.25, 0.3) is 11.2 Å². The number of ether oxygens (including phenoxy) is 1. The van der Waals surface area contributed by atoms with Gasteiger partial charge in [0.1, 0.15) is 29.5 Å². The van der Waals surface area contributed by atoms with Crippen LogP contribution in [0, 0.1) is 4.64 Å². The molecule has 0 spiro atoms. The van der Waals surface area contributed by atoms with Crippen molar-refractivity contribution in [2.45, 2.75) is 24.5 Å². The first-order valence-corrected chi connectivity index (χ1v) is 10.8. The number of nitrogens with one attached hydrogen (secondary N) is 1. The van der Waals surface area contributed by atoms with E-state index < -0.39 is 46.8 Å². The standard InChI is InChI=1S/C10H15N5O10P2S/c11-10-13-7-4(8(28)14-10)12-2-15(7)9-6(17)5(16)3(24-9)1-23-27(21,22)25-26(18,19)20/h2-3,5-6,9,16-17H,1H2,(H,21,22)(H2,18,19,20)(H3,11,13,14,28)/t3-,5-,6-,9-/m1/s1. The van der Waals surface area contributed by atoms with Crippen molar-refractivity contribution in [2.75, 3.05) is 12.3 Å². The molecule has 1 saturated heterocycles. The van der Waals surface area contributed by atoms with Crippen LogP contribution < -0.4 is 5.73 Å². The molecule has 0 amide bonds. The van der Waals surface area contributed by atoms with Crippen LogP contribution in [-0.2, 0) is 22.7 Å². The van der Waals surface area contributed by atoms with Gasteiger partial charge in [-0.25, -0.2) is 19.1 Å². The number of phosphoric ester groups is 1. The molecule has 18 heteroatoms. The zero-order chi connectivity index (χ0) is 20.9. The van der Waals surface area contributed by atoms with Crippen molar-refractivity contribution in [1.82, 2.24) is 19.5 Å². The Bertz CT molecular complexity index is 1040. The van der Waals surface area contributed by atoms with Crippen LogP contribution in [0.2, 0.25) is 0 Å². The number of aromatic nitrogens is 4. The molecule has 156 valence electrons. The van der Waals surface area contributed by atoms with Gasteiger partial charge in [-0.1, -0.05) is 12.2 Å². The number of H-pyrrole nitrogens is 1. The maximum atomic E-state index is 11.5. The number of imidazole rings is 1. The Morgan fingerprint density at radius 1 is 1.32 bits per heavy atom. The van der Waals surface area contributed by atoms with Gasteiger partial charge < -0.3 is 40.3 Å². The van der Waals surface area contributed by atoms with Crippen molar-refractivity contribution in [3.63, 3.8) is 0 Å².